The zero-order chi connectivity index (χ0) is 20.4. The van der Waals surface area contributed by atoms with E-state index in [9.17, 15) is 4.79 Å². The van der Waals surface area contributed by atoms with Crippen LogP contribution in [0.2, 0.25) is 0 Å². The highest BCUT2D eigenvalue weighted by atomic mass is 16.6. The van der Waals surface area contributed by atoms with Gasteiger partial charge in [0.1, 0.15) is 11.2 Å². The largest absolute Gasteiger partial charge is 0.444 e. The summed E-state index contributed by atoms with van der Waals surface area (Å²) >= 11 is 0. The third-order valence-corrected chi connectivity index (χ3v) is 5.07. The normalized spacial score (nSPS) is 15.6. The SMILES string of the molecule is CC(C)(C)OC(=O)N1CCN(Cc2c(-c3ccccc3)nc3ccccn23)CC1. The number of carbonyl (C=O) groups is 1. The summed E-state index contributed by atoms with van der Waals surface area (Å²) in [6.07, 6.45) is 1.85. The summed E-state index contributed by atoms with van der Waals surface area (Å²) in [5.74, 6) is 0. The lowest BCUT2D eigenvalue weighted by molar-refractivity contribution is 0.0138. The highest BCUT2D eigenvalue weighted by Crippen LogP contribution is 2.26. The monoisotopic (exact) mass is 392 g/mol. The molecule has 6 nitrogen and oxygen atoms in total. The van der Waals surface area contributed by atoms with Gasteiger partial charge in [0.05, 0.1) is 11.4 Å². The van der Waals surface area contributed by atoms with Crippen molar-refractivity contribution in [3.8, 4) is 11.3 Å². The Morgan fingerprint density at radius 1 is 1.00 bits per heavy atom. The number of pyridine rings is 1. The molecule has 0 atom stereocenters. The van der Waals surface area contributed by atoms with Crippen molar-refractivity contribution in [3.05, 3.63) is 60.4 Å². The molecular formula is C23H28N4O2. The maximum atomic E-state index is 12.3. The fourth-order valence-corrected chi connectivity index (χ4v) is 3.65. The molecule has 1 aromatic carbocycles. The molecule has 0 radical (unpaired) electrons. The van der Waals surface area contributed by atoms with Crippen LogP contribution in [0.5, 0.6) is 0 Å². The Morgan fingerprint density at radius 2 is 1.69 bits per heavy atom. The molecule has 1 aliphatic rings. The average molecular weight is 393 g/mol. The molecule has 1 amide bonds. The van der Waals surface area contributed by atoms with E-state index < -0.39 is 5.60 Å². The lowest BCUT2D eigenvalue weighted by atomic mass is 10.1. The van der Waals surface area contributed by atoms with E-state index in [0.717, 1.165) is 36.5 Å². The van der Waals surface area contributed by atoms with Gasteiger partial charge in [0.25, 0.3) is 0 Å². The van der Waals surface area contributed by atoms with Gasteiger partial charge in [-0.2, -0.15) is 0 Å². The van der Waals surface area contributed by atoms with Crippen LogP contribution in [-0.2, 0) is 11.3 Å². The van der Waals surface area contributed by atoms with Crippen molar-refractivity contribution >= 4 is 11.7 Å². The number of fused-ring (bicyclic) bond motifs is 1. The Kier molecular flexibility index (Phi) is 5.28. The molecule has 6 heteroatoms. The third kappa shape index (κ3) is 4.43. The van der Waals surface area contributed by atoms with Gasteiger partial charge in [-0.25, -0.2) is 9.78 Å². The van der Waals surface area contributed by atoms with Crippen LogP contribution in [-0.4, -0.2) is 57.1 Å². The summed E-state index contributed by atoms with van der Waals surface area (Å²) in [6, 6.07) is 16.4. The molecular weight excluding hydrogens is 364 g/mol. The summed E-state index contributed by atoms with van der Waals surface area (Å²) in [4.78, 5) is 21.4. The highest BCUT2D eigenvalue weighted by Gasteiger charge is 2.27. The van der Waals surface area contributed by atoms with Crippen LogP contribution >= 0.6 is 0 Å². The van der Waals surface area contributed by atoms with Gasteiger partial charge < -0.3 is 14.0 Å². The Hall–Kier alpha value is -2.86. The molecule has 152 valence electrons. The molecule has 2 aromatic heterocycles. The molecule has 1 saturated heterocycles. The fraction of sp³-hybridized carbons (Fsp3) is 0.391. The summed E-state index contributed by atoms with van der Waals surface area (Å²) in [6.45, 7) is 9.46. The van der Waals surface area contributed by atoms with Crippen LogP contribution in [0.1, 0.15) is 26.5 Å². The predicted octanol–water partition coefficient (Wildman–Crippen LogP) is 4.05. The second kappa shape index (κ2) is 7.87. The predicted molar refractivity (Wildman–Crippen MR) is 114 cm³/mol. The van der Waals surface area contributed by atoms with E-state index in [2.05, 4.69) is 27.6 Å². The van der Waals surface area contributed by atoms with E-state index in [4.69, 9.17) is 9.72 Å². The van der Waals surface area contributed by atoms with Gasteiger partial charge in [-0.3, -0.25) is 4.90 Å². The smallest absolute Gasteiger partial charge is 0.410 e. The van der Waals surface area contributed by atoms with Crippen LogP contribution < -0.4 is 0 Å². The Balaban J connectivity index is 1.51. The van der Waals surface area contributed by atoms with Gasteiger partial charge in [-0.1, -0.05) is 36.4 Å². The minimum atomic E-state index is -0.463. The molecule has 0 unspecified atom stereocenters. The molecule has 0 spiro atoms. The number of hydrogen-bond acceptors (Lipinski definition) is 4. The number of amides is 1. The minimum absolute atomic E-state index is 0.225. The van der Waals surface area contributed by atoms with Crippen LogP contribution in [0.3, 0.4) is 0 Å². The summed E-state index contributed by atoms with van der Waals surface area (Å²) in [5, 5.41) is 0. The van der Waals surface area contributed by atoms with E-state index >= 15 is 0 Å². The van der Waals surface area contributed by atoms with E-state index in [1.54, 1.807) is 4.90 Å². The Bertz CT molecular complexity index is 983. The number of imidazole rings is 1. The Morgan fingerprint density at radius 3 is 2.38 bits per heavy atom. The first-order valence-electron chi connectivity index (χ1n) is 10.1. The quantitative estimate of drug-likeness (QED) is 0.675. The maximum absolute atomic E-state index is 12.3. The number of benzene rings is 1. The molecule has 29 heavy (non-hydrogen) atoms. The molecule has 0 saturated carbocycles. The summed E-state index contributed by atoms with van der Waals surface area (Å²) in [7, 11) is 0. The number of hydrogen-bond donors (Lipinski definition) is 0. The maximum Gasteiger partial charge on any atom is 0.410 e. The van der Waals surface area contributed by atoms with Crippen molar-refractivity contribution in [2.75, 3.05) is 26.2 Å². The second-order valence-electron chi connectivity index (χ2n) is 8.45. The van der Waals surface area contributed by atoms with Gasteiger partial charge in [0.2, 0.25) is 0 Å². The molecule has 0 N–H and O–H groups in total. The van der Waals surface area contributed by atoms with Gasteiger partial charge >= 0.3 is 6.09 Å². The standard InChI is InChI=1S/C23H28N4O2/c1-23(2,3)29-22(28)26-15-13-25(14-16-26)17-19-21(18-9-5-4-6-10-18)24-20-11-7-8-12-27(19)20/h4-12H,13-17H2,1-3H3. The summed E-state index contributed by atoms with van der Waals surface area (Å²) < 4.78 is 7.68. The zero-order valence-corrected chi connectivity index (χ0v) is 17.3. The molecule has 4 rings (SSSR count). The highest BCUT2D eigenvalue weighted by molar-refractivity contribution is 5.68. The van der Waals surface area contributed by atoms with Gasteiger partial charge in [-0.15, -0.1) is 0 Å². The first-order valence-corrected chi connectivity index (χ1v) is 10.1. The van der Waals surface area contributed by atoms with Crippen molar-refractivity contribution in [2.45, 2.75) is 32.9 Å². The molecule has 0 bridgehead atoms. The number of carbonyl (C=O) groups excluding carboxylic acids is 1. The van der Waals surface area contributed by atoms with E-state index in [0.29, 0.717) is 13.1 Å². The van der Waals surface area contributed by atoms with Gasteiger partial charge in [-0.05, 0) is 32.9 Å². The topological polar surface area (TPSA) is 50.1 Å². The van der Waals surface area contributed by atoms with Crippen LogP contribution in [0.25, 0.3) is 16.9 Å². The summed E-state index contributed by atoms with van der Waals surface area (Å²) in [5.41, 5.74) is 3.81. The van der Waals surface area contributed by atoms with Crippen molar-refractivity contribution in [1.29, 1.82) is 0 Å². The molecule has 3 aromatic rings. The number of nitrogens with zero attached hydrogens (tertiary/aromatic N) is 4. The number of piperazine rings is 1. The second-order valence-corrected chi connectivity index (χ2v) is 8.45. The van der Waals surface area contributed by atoms with Crippen molar-refractivity contribution in [3.63, 3.8) is 0 Å². The molecule has 1 aliphatic heterocycles. The van der Waals surface area contributed by atoms with Crippen LogP contribution in [0.15, 0.2) is 54.7 Å². The van der Waals surface area contributed by atoms with Gasteiger partial charge in [0, 0.05) is 44.5 Å². The minimum Gasteiger partial charge on any atom is -0.444 e. The Labute approximate surface area is 171 Å². The van der Waals surface area contributed by atoms with Crippen molar-refractivity contribution in [1.82, 2.24) is 19.2 Å². The number of rotatable bonds is 3. The lowest BCUT2D eigenvalue weighted by Crippen LogP contribution is -2.49. The third-order valence-electron chi connectivity index (χ3n) is 5.07. The van der Waals surface area contributed by atoms with Crippen LogP contribution in [0.4, 0.5) is 4.79 Å². The first-order chi connectivity index (χ1) is 13.9. The average Bonchev–Trinajstić information content (AvgIpc) is 3.06. The lowest BCUT2D eigenvalue weighted by Gasteiger charge is -2.35. The number of aromatic nitrogens is 2. The van der Waals surface area contributed by atoms with Crippen molar-refractivity contribution < 1.29 is 9.53 Å². The van der Waals surface area contributed by atoms with Crippen LogP contribution in [0, 0.1) is 0 Å². The van der Waals surface area contributed by atoms with Gasteiger partial charge in [0.15, 0.2) is 0 Å². The first kappa shape index (κ1) is 19.5. The van der Waals surface area contributed by atoms with Crippen molar-refractivity contribution in [2.24, 2.45) is 0 Å². The van der Waals surface area contributed by atoms with E-state index in [1.165, 1.54) is 5.69 Å². The molecule has 3 heterocycles. The number of ether oxygens (including phenoxy) is 1. The van der Waals surface area contributed by atoms with E-state index in [1.807, 2.05) is 57.2 Å². The molecule has 1 fully saturated rings. The van der Waals surface area contributed by atoms with E-state index in [-0.39, 0.29) is 6.09 Å². The fourth-order valence-electron chi connectivity index (χ4n) is 3.65. The molecule has 0 aliphatic carbocycles. The zero-order valence-electron chi connectivity index (χ0n) is 17.3.